The van der Waals surface area contributed by atoms with Crippen LogP contribution in [0.3, 0.4) is 0 Å². The third-order valence-electron chi connectivity index (χ3n) is 1.82. The first-order valence-electron chi connectivity index (χ1n) is 4.69. The lowest BCUT2D eigenvalue weighted by Crippen LogP contribution is -2.27. The van der Waals surface area contributed by atoms with E-state index in [0.717, 1.165) is 0 Å². The summed E-state index contributed by atoms with van der Waals surface area (Å²) in [6.45, 7) is 1.48. The largest absolute Gasteiger partial charge is 0.505 e. The van der Waals surface area contributed by atoms with Crippen LogP contribution in [-0.4, -0.2) is 41.1 Å². The average Bonchev–Trinajstić information content (AvgIpc) is 2.62. The van der Waals surface area contributed by atoms with Crippen LogP contribution in [0, 0.1) is 0 Å². The number of aromatic hydroxyl groups is 1. The summed E-state index contributed by atoms with van der Waals surface area (Å²) in [6, 6.07) is 0. The van der Waals surface area contributed by atoms with Crippen molar-refractivity contribution in [2.45, 2.75) is 13.0 Å². The van der Waals surface area contributed by atoms with Crippen LogP contribution in [0.4, 0.5) is 0 Å². The van der Waals surface area contributed by atoms with Crippen LogP contribution in [0.2, 0.25) is 0 Å². The number of carbonyl (C=O) groups excluding carboxylic acids is 1. The number of aryl methyl sites for hydroxylation is 1. The van der Waals surface area contributed by atoms with Gasteiger partial charge in [-0.3, -0.25) is 9.48 Å². The van der Waals surface area contributed by atoms with E-state index in [1.54, 1.807) is 7.11 Å². The fourth-order valence-corrected chi connectivity index (χ4v) is 1.07. The van der Waals surface area contributed by atoms with Gasteiger partial charge in [-0.2, -0.15) is 5.10 Å². The Morgan fingerprint density at radius 2 is 2.53 bits per heavy atom. The normalized spacial score (nSPS) is 10.2. The van der Waals surface area contributed by atoms with E-state index in [1.165, 1.54) is 17.1 Å². The molecule has 0 radical (unpaired) electrons. The van der Waals surface area contributed by atoms with Gasteiger partial charge in [-0.05, 0) is 0 Å². The van der Waals surface area contributed by atoms with Crippen molar-refractivity contribution in [3.05, 3.63) is 12.4 Å². The molecule has 0 aliphatic carbocycles. The van der Waals surface area contributed by atoms with Gasteiger partial charge in [0.15, 0.2) is 5.75 Å². The van der Waals surface area contributed by atoms with Crippen LogP contribution >= 0.6 is 0 Å². The fourth-order valence-electron chi connectivity index (χ4n) is 1.07. The van der Waals surface area contributed by atoms with Crippen molar-refractivity contribution in [1.29, 1.82) is 0 Å². The molecule has 6 nitrogen and oxygen atoms in total. The second kappa shape index (κ2) is 6.02. The molecule has 0 aliphatic heterocycles. The molecule has 1 heterocycles. The Kier molecular flexibility index (Phi) is 4.62. The Morgan fingerprint density at radius 1 is 1.73 bits per heavy atom. The van der Waals surface area contributed by atoms with E-state index in [4.69, 9.17) is 9.84 Å². The van der Waals surface area contributed by atoms with Crippen molar-refractivity contribution in [2.24, 2.45) is 0 Å². The van der Waals surface area contributed by atoms with E-state index in [-0.39, 0.29) is 11.7 Å². The first-order chi connectivity index (χ1) is 7.22. The summed E-state index contributed by atoms with van der Waals surface area (Å²) in [6.07, 6.45) is 3.15. The summed E-state index contributed by atoms with van der Waals surface area (Å²) in [5.41, 5.74) is 0. The van der Waals surface area contributed by atoms with Crippen molar-refractivity contribution in [1.82, 2.24) is 15.1 Å². The Morgan fingerprint density at radius 3 is 3.13 bits per heavy atom. The number of ether oxygens (including phenoxy) is 1. The van der Waals surface area contributed by atoms with Gasteiger partial charge in [-0.1, -0.05) is 0 Å². The monoisotopic (exact) mass is 213 g/mol. The molecule has 0 saturated carbocycles. The number of nitrogens with one attached hydrogen (secondary N) is 1. The van der Waals surface area contributed by atoms with Crippen LogP contribution in [0.25, 0.3) is 0 Å². The van der Waals surface area contributed by atoms with E-state index in [1.807, 2.05) is 0 Å². The van der Waals surface area contributed by atoms with Gasteiger partial charge in [-0.25, -0.2) is 0 Å². The molecule has 0 unspecified atom stereocenters. The molecule has 0 atom stereocenters. The lowest BCUT2D eigenvalue weighted by atomic mass is 10.4. The summed E-state index contributed by atoms with van der Waals surface area (Å²) in [5.74, 6) is 0.0526. The van der Waals surface area contributed by atoms with Gasteiger partial charge in [0.1, 0.15) is 0 Å². The van der Waals surface area contributed by atoms with Gasteiger partial charge in [0.25, 0.3) is 0 Å². The van der Waals surface area contributed by atoms with Crippen molar-refractivity contribution in [3.63, 3.8) is 0 Å². The number of aromatic nitrogens is 2. The molecule has 15 heavy (non-hydrogen) atoms. The molecule has 2 N–H and O–H groups in total. The van der Waals surface area contributed by atoms with Crippen molar-refractivity contribution < 1.29 is 14.6 Å². The van der Waals surface area contributed by atoms with Gasteiger partial charge in [-0.15, -0.1) is 0 Å². The number of amides is 1. The van der Waals surface area contributed by atoms with E-state index in [9.17, 15) is 4.79 Å². The Hall–Kier alpha value is -1.56. The van der Waals surface area contributed by atoms with Crippen molar-refractivity contribution in [3.8, 4) is 5.75 Å². The average molecular weight is 213 g/mol. The highest BCUT2D eigenvalue weighted by Crippen LogP contribution is 2.04. The number of hydrogen-bond acceptors (Lipinski definition) is 4. The maximum atomic E-state index is 11.2. The predicted octanol–water partition coefficient (Wildman–Crippen LogP) is -0.259. The highest BCUT2D eigenvalue weighted by Gasteiger charge is 2.02. The highest BCUT2D eigenvalue weighted by atomic mass is 16.5. The molecule has 1 amide bonds. The fraction of sp³-hybridized carbons (Fsp3) is 0.556. The molecule has 0 spiro atoms. The number of hydrogen-bond donors (Lipinski definition) is 2. The molecule has 0 fully saturated rings. The zero-order valence-electron chi connectivity index (χ0n) is 8.64. The Bertz CT molecular complexity index is 311. The Labute approximate surface area is 87.8 Å². The summed E-state index contributed by atoms with van der Waals surface area (Å²) in [5, 5.41) is 15.5. The van der Waals surface area contributed by atoms with Gasteiger partial charge >= 0.3 is 0 Å². The van der Waals surface area contributed by atoms with Gasteiger partial charge in [0.2, 0.25) is 5.91 Å². The topological polar surface area (TPSA) is 76.4 Å². The number of methoxy groups -OCH3 is 1. The standard InChI is InChI=1S/C9H15N3O3/c1-15-5-3-10-9(14)2-4-12-7-8(13)6-11-12/h6-7,13H,2-5H2,1H3,(H,10,14). The molecule has 0 bridgehead atoms. The lowest BCUT2D eigenvalue weighted by Gasteiger charge is -2.04. The smallest absolute Gasteiger partial charge is 0.221 e. The molecule has 0 aliphatic rings. The third-order valence-corrected chi connectivity index (χ3v) is 1.82. The summed E-state index contributed by atoms with van der Waals surface area (Å²) >= 11 is 0. The molecular formula is C9H15N3O3. The third kappa shape index (κ3) is 4.46. The predicted molar refractivity (Wildman–Crippen MR) is 53.4 cm³/mol. The SMILES string of the molecule is COCCNC(=O)CCn1cc(O)cn1. The maximum absolute atomic E-state index is 11.2. The second-order valence-electron chi connectivity index (χ2n) is 3.05. The molecule has 1 aromatic rings. The van der Waals surface area contributed by atoms with Crippen LogP contribution in [0.1, 0.15) is 6.42 Å². The number of rotatable bonds is 6. The van der Waals surface area contributed by atoms with Crippen LogP contribution in [0.5, 0.6) is 5.75 Å². The molecule has 1 rings (SSSR count). The van der Waals surface area contributed by atoms with Crippen LogP contribution in [0.15, 0.2) is 12.4 Å². The molecule has 0 saturated heterocycles. The van der Waals surface area contributed by atoms with Gasteiger partial charge in [0.05, 0.1) is 19.0 Å². The molecular weight excluding hydrogens is 198 g/mol. The first-order valence-corrected chi connectivity index (χ1v) is 4.69. The summed E-state index contributed by atoms with van der Waals surface area (Å²) in [4.78, 5) is 11.2. The van der Waals surface area contributed by atoms with Gasteiger partial charge in [0, 0.05) is 26.6 Å². The zero-order chi connectivity index (χ0) is 11.1. The van der Waals surface area contributed by atoms with Crippen molar-refractivity contribution >= 4 is 5.91 Å². The van der Waals surface area contributed by atoms with E-state index >= 15 is 0 Å². The summed E-state index contributed by atoms with van der Waals surface area (Å²) < 4.78 is 6.31. The Balaban J connectivity index is 2.16. The molecule has 6 heteroatoms. The first kappa shape index (κ1) is 11.5. The quantitative estimate of drug-likeness (QED) is 0.638. The van der Waals surface area contributed by atoms with Gasteiger partial charge < -0.3 is 15.2 Å². The maximum Gasteiger partial charge on any atom is 0.221 e. The second-order valence-corrected chi connectivity index (χ2v) is 3.05. The van der Waals surface area contributed by atoms with E-state index in [0.29, 0.717) is 26.1 Å². The van der Waals surface area contributed by atoms with Crippen molar-refractivity contribution in [2.75, 3.05) is 20.3 Å². The number of nitrogens with zero attached hydrogens (tertiary/aromatic N) is 2. The molecule has 1 aromatic heterocycles. The lowest BCUT2D eigenvalue weighted by molar-refractivity contribution is -0.121. The van der Waals surface area contributed by atoms with E-state index < -0.39 is 0 Å². The van der Waals surface area contributed by atoms with Crippen LogP contribution in [-0.2, 0) is 16.1 Å². The molecule has 0 aromatic carbocycles. The summed E-state index contributed by atoms with van der Waals surface area (Å²) in [7, 11) is 1.58. The minimum absolute atomic E-state index is 0.0537. The minimum atomic E-state index is -0.0537. The zero-order valence-corrected chi connectivity index (χ0v) is 8.64. The number of carbonyl (C=O) groups is 1. The molecule has 84 valence electrons. The highest BCUT2D eigenvalue weighted by molar-refractivity contribution is 5.75. The minimum Gasteiger partial charge on any atom is -0.505 e. The van der Waals surface area contributed by atoms with E-state index in [2.05, 4.69) is 10.4 Å². The van der Waals surface area contributed by atoms with Crippen LogP contribution < -0.4 is 5.32 Å².